The van der Waals surface area contributed by atoms with Gasteiger partial charge in [0.15, 0.2) is 0 Å². The average Bonchev–Trinajstić information content (AvgIpc) is 3.10. The predicted molar refractivity (Wildman–Crippen MR) is 134 cm³/mol. The summed E-state index contributed by atoms with van der Waals surface area (Å²) in [6, 6.07) is 19.5. The van der Waals surface area contributed by atoms with E-state index in [1.54, 1.807) is 12.4 Å². The normalized spacial score (nSPS) is 16.4. The van der Waals surface area contributed by atoms with Gasteiger partial charge in [0.05, 0.1) is 12.1 Å². The Morgan fingerprint density at radius 2 is 1.50 bits per heavy atom. The van der Waals surface area contributed by atoms with E-state index in [1.807, 2.05) is 55.5 Å². The third-order valence-corrected chi connectivity index (χ3v) is 6.46. The minimum atomic E-state index is -0.322. The van der Waals surface area contributed by atoms with Crippen molar-refractivity contribution in [1.82, 2.24) is 9.88 Å². The molecule has 1 N–H and O–H groups in total. The molecule has 1 fully saturated rings. The number of pyridine rings is 1. The zero-order valence-electron chi connectivity index (χ0n) is 19.3. The Labute approximate surface area is 199 Å². The molecule has 2 amide bonds. The minimum Gasteiger partial charge on any atom is -0.372 e. The maximum atomic E-state index is 13.5. The summed E-state index contributed by atoms with van der Waals surface area (Å²) in [5.41, 5.74) is 5.37. The molecule has 2 aromatic carbocycles. The lowest BCUT2D eigenvalue weighted by atomic mass is 10.0. The molecule has 0 bridgehead atoms. The standard InChI is InChI=1S/C28H28N4O2/c1-20-5-7-22(8-6-20)25-26(28(34)32(27(25)33)19-21-13-15-29-16-14-21)30-23-9-11-24(12-10-23)31-17-3-2-4-18-31/h5-16,30H,2-4,17-19H2,1H3. The average molecular weight is 453 g/mol. The van der Waals surface area contributed by atoms with Crippen LogP contribution in [0.4, 0.5) is 11.4 Å². The zero-order chi connectivity index (χ0) is 23.5. The summed E-state index contributed by atoms with van der Waals surface area (Å²) >= 11 is 0. The molecular weight excluding hydrogens is 424 g/mol. The first-order valence-corrected chi connectivity index (χ1v) is 11.8. The number of aryl methyl sites for hydroxylation is 1. The van der Waals surface area contributed by atoms with Crippen LogP contribution in [0.3, 0.4) is 0 Å². The number of anilines is 2. The molecule has 172 valence electrons. The Bertz CT molecular complexity index is 1210. The Hall–Kier alpha value is -3.93. The van der Waals surface area contributed by atoms with Crippen molar-refractivity contribution in [2.24, 2.45) is 0 Å². The molecule has 0 saturated carbocycles. The molecule has 1 aromatic heterocycles. The predicted octanol–water partition coefficient (Wildman–Crippen LogP) is 4.77. The maximum Gasteiger partial charge on any atom is 0.278 e. The van der Waals surface area contributed by atoms with Gasteiger partial charge in [-0.1, -0.05) is 29.8 Å². The Kier molecular flexibility index (Phi) is 6.12. The van der Waals surface area contributed by atoms with E-state index in [0.717, 1.165) is 35.5 Å². The molecule has 5 rings (SSSR count). The van der Waals surface area contributed by atoms with E-state index >= 15 is 0 Å². The summed E-state index contributed by atoms with van der Waals surface area (Å²) in [6.07, 6.45) is 7.06. The van der Waals surface area contributed by atoms with Crippen molar-refractivity contribution in [2.75, 3.05) is 23.3 Å². The Morgan fingerprint density at radius 1 is 0.824 bits per heavy atom. The molecule has 1 saturated heterocycles. The molecule has 3 heterocycles. The van der Waals surface area contributed by atoms with Crippen LogP contribution in [0.5, 0.6) is 0 Å². The topological polar surface area (TPSA) is 65.5 Å². The zero-order valence-corrected chi connectivity index (χ0v) is 19.3. The van der Waals surface area contributed by atoms with Crippen molar-refractivity contribution in [3.63, 3.8) is 0 Å². The van der Waals surface area contributed by atoms with Crippen LogP contribution in [0, 0.1) is 6.92 Å². The summed E-state index contributed by atoms with van der Waals surface area (Å²) in [4.78, 5) is 34.6. The second-order valence-corrected chi connectivity index (χ2v) is 8.89. The van der Waals surface area contributed by atoms with E-state index < -0.39 is 0 Å². The molecule has 6 nitrogen and oxygen atoms in total. The second-order valence-electron chi connectivity index (χ2n) is 8.89. The second kappa shape index (κ2) is 9.51. The number of benzene rings is 2. The number of amides is 2. The summed E-state index contributed by atoms with van der Waals surface area (Å²) in [6.45, 7) is 4.35. The fourth-order valence-electron chi connectivity index (χ4n) is 4.55. The lowest BCUT2D eigenvalue weighted by Crippen LogP contribution is -2.32. The Balaban J connectivity index is 1.45. The van der Waals surface area contributed by atoms with Gasteiger partial charge < -0.3 is 10.2 Å². The molecule has 2 aliphatic rings. The molecule has 0 radical (unpaired) electrons. The van der Waals surface area contributed by atoms with Crippen LogP contribution in [0.1, 0.15) is 36.0 Å². The highest BCUT2D eigenvalue weighted by Crippen LogP contribution is 2.32. The van der Waals surface area contributed by atoms with E-state index in [4.69, 9.17) is 0 Å². The van der Waals surface area contributed by atoms with E-state index in [9.17, 15) is 9.59 Å². The number of piperidine rings is 1. The van der Waals surface area contributed by atoms with Crippen LogP contribution in [-0.4, -0.2) is 34.8 Å². The van der Waals surface area contributed by atoms with Gasteiger partial charge in [0.25, 0.3) is 11.8 Å². The maximum absolute atomic E-state index is 13.5. The molecule has 0 unspecified atom stereocenters. The van der Waals surface area contributed by atoms with E-state index in [2.05, 4.69) is 27.3 Å². The molecule has 0 atom stereocenters. The SMILES string of the molecule is Cc1ccc(C2=C(Nc3ccc(N4CCCCC4)cc3)C(=O)N(Cc3ccncc3)C2=O)cc1. The number of aromatic nitrogens is 1. The van der Waals surface area contributed by atoms with Gasteiger partial charge in [-0.05, 0) is 73.7 Å². The number of nitrogens with zero attached hydrogens (tertiary/aromatic N) is 3. The third kappa shape index (κ3) is 4.44. The van der Waals surface area contributed by atoms with E-state index in [0.29, 0.717) is 11.3 Å². The first-order valence-electron chi connectivity index (χ1n) is 11.8. The highest BCUT2D eigenvalue weighted by Gasteiger charge is 2.39. The molecule has 34 heavy (non-hydrogen) atoms. The minimum absolute atomic E-state index is 0.203. The van der Waals surface area contributed by atoms with E-state index in [-0.39, 0.29) is 18.4 Å². The smallest absolute Gasteiger partial charge is 0.278 e. The Morgan fingerprint density at radius 3 is 2.18 bits per heavy atom. The first-order chi connectivity index (χ1) is 16.6. The highest BCUT2D eigenvalue weighted by molar-refractivity contribution is 6.36. The number of hydrogen-bond acceptors (Lipinski definition) is 5. The van der Waals surface area contributed by atoms with Crippen LogP contribution < -0.4 is 10.2 Å². The van der Waals surface area contributed by atoms with Crippen molar-refractivity contribution in [2.45, 2.75) is 32.7 Å². The molecule has 6 heteroatoms. The lowest BCUT2D eigenvalue weighted by Gasteiger charge is -2.28. The van der Waals surface area contributed by atoms with Gasteiger partial charge in [0, 0.05) is 36.9 Å². The monoisotopic (exact) mass is 452 g/mol. The van der Waals surface area contributed by atoms with Gasteiger partial charge in [0.2, 0.25) is 0 Å². The number of nitrogens with one attached hydrogen (secondary N) is 1. The lowest BCUT2D eigenvalue weighted by molar-refractivity contribution is -0.137. The fraction of sp³-hybridized carbons (Fsp3) is 0.250. The molecule has 3 aromatic rings. The summed E-state index contributed by atoms with van der Waals surface area (Å²) < 4.78 is 0. The van der Waals surface area contributed by atoms with Crippen LogP contribution in [0.25, 0.3) is 5.57 Å². The van der Waals surface area contributed by atoms with Crippen molar-refractivity contribution < 1.29 is 9.59 Å². The number of carbonyl (C=O) groups is 2. The molecule has 0 aliphatic carbocycles. The molecule has 0 spiro atoms. The quantitative estimate of drug-likeness (QED) is 0.546. The van der Waals surface area contributed by atoms with Gasteiger partial charge in [-0.2, -0.15) is 0 Å². The number of imide groups is 1. The van der Waals surface area contributed by atoms with Gasteiger partial charge in [-0.15, -0.1) is 0 Å². The van der Waals surface area contributed by atoms with Gasteiger partial charge >= 0.3 is 0 Å². The number of rotatable bonds is 6. The molecule has 2 aliphatic heterocycles. The third-order valence-electron chi connectivity index (χ3n) is 6.46. The van der Waals surface area contributed by atoms with E-state index in [1.165, 1.54) is 29.8 Å². The summed E-state index contributed by atoms with van der Waals surface area (Å²) in [5.74, 6) is -0.615. The summed E-state index contributed by atoms with van der Waals surface area (Å²) in [7, 11) is 0. The largest absolute Gasteiger partial charge is 0.372 e. The first kappa shape index (κ1) is 21.9. The molecular formula is C28H28N4O2. The summed E-state index contributed by atoms with van der Waals surface area (Å²) in [5, 5.41) is 3.27. The number of hydrogen-bond donors (Lipinski definition) is 1. The van der Waals surface area contributed by atoms with Crippen molar-refractivity contribution >= 4 is 28.8 Å². The highest BCUT2D eigenvalue weighted by atomic mass is 16.2. The van der Waals surface area contributed by atoms with Crippen molar-refractivity contribution in [3.8, 4) is 0 Å². The van der Waals surface area contributed by atoms with Gasteiger partial charge in [0.1, 0.15) is 5.70 Å². The van der Waals surface area contributed by atoms with Gasteiger partial charge in [-0.3, -0.25) is 19.5 Å². The van der Waals surface area contributed by atoms with Crippen LogP contribution in [0.2, 0.25) is 0 Å². The van der Waals surface area contributed by atoms with Crippen LogP contribution in [-0.2, 0) is 16.1 Å². The van der Waals surface area contributed by atoms with Crippen molar-refractivity contribution in [3.05, 3.63) is 95.4 Å². The van der Waals surface area contributed by atoms with Crippen LogP contribution >= 0.6 is 0 Å². The van der Waals surface area contributed by atoms with Crippen molar-refractivity contribution in [1.29, 1.82) is 0 Å². The van der Waals surface area contributed by atoms with Crippen LogP contribution in [0.15, 0.2) is 78.8 Å². The number of carbonyl (C=O) groups excluding carboxylic acids is 2. The van der Waals surface area contributed by atoms with Gasteiger partial charge in [-0.25, -0.2) is 0 Å². The fourth-order valence-corrected chi connectivity index (χ4v) is 4.55.